The summed E-state index contributed by atoms with van der Waals surface area (Å²) in [5, 5.41) is 0. The highest BCUT2D eigenvalue weighted by Crippen LogP contribution is 2.28. The third-order valence-electron chi connectivity index (χ3n) is 4.73. The van der Waals surface area contributed by atoms with Gasteiger partial charge in [0.25, 0.3) is 0 Å². The van der Waals surface area contributed by atoms with Gasteiger partial charge in [-0.3, -0.25) is 0 Å². The van der Waals surface area contributed by atoms with Gasteiger partial charge in [-0.1, -0.05) is 44.0 Å². The molecule has 0 bridgehead atoms. The van der Waals surface area contributed by atoms with Crippen LogP contribution in [0, 0.1) is 13.8 Å². The molecule has 0 spiro atoms. The first kappa shape index (κ1) is 21.9. The zero-order valence-electron chi connectivity index (χ0n) is 15.4. The molecule has 0 unspecified atom stereocenters. The molecule has 0 saturated carbocycles. The topological polar surface area (TPSA) is 74.8 Å². The van der Waals surface area contributed by atoms with E-state index in [-0.39, 0.29) is 36.0 Å². The summed E-state index contributed by atoms with van der Waals surface area (Å²) in [6, 6.07) is 10.2. The molecule has 2 aromatic carbocycles. The first-order valence-electron chi connectivity index (χ1n) is 8.56. The SMILES string of the molecule is Cc1ccc(Br)cc1S(=O)(=O)N1CCN(S(=O)(=O)c2cc(Br)ccc2C)CC1. The maximum Gasteiger partial charge on any atom is 0.243 e. The van der Waals surface area contributed by atoms with Crippen LogP contribution in [0.5, 0.6) is 0 Å². The maximum atomic E-state index is 13.0. The van der Waals surface area contributed by atoms with E-state index in [9.17, 15) is 16.8 Å². The summed E-state index contributed by atoms with van der Waals surface area (Å²) >= 11 is 6.63. The second-order valence-electron chi connectivity index (χ2n) is 6.63. The first-order valence-corrected chi connectivity index (χ1v) is 13.0. The van der Waals surface area contributed by atoms with Crippen LogP contribution < -0.4 is 0 Å². The Morgan fingerprint density at radius 1 is 0.679 bits per heavy atom. The molecule has 1 aliphatic heterocycles. The van der Waals surface area contributed by atoms with E-state index in [4.69, 9.17) is 0 Å². The van der Waals surface area contributed by atoms with Crippen LogP contribution in [-0.4, -0.2) is 51.6 Å². The second-order valence-corrected chi connectivity index (χ2v) is 12.3. The van der Waals surface area contributed by atoms with Crippen LogP contribution in [0.15, 0.2) is 55.1 Å². The van der Waals surface area contributed by atoms with E-state index in [0.717, 1.165) is 0 Å². The Morgan fingerprint density at radius 2 is 1.00 bits per heavy atom. The highest BCUT2D eigenvalue weighted by molar-refractivity contribution is 9.10. The number of nitrogens with zero attached hydrogens (tertiary/aromatic N) is 2. The molecule has 1 saturated heterocycles. The highest BCUT2D eigenvalue weighted by atomic mass is 79.9. The average Bonchev–Trinajstić information content (AvgIpc) is 2.65. The third-order valence-corrected chi connectivity index (χ3v) is 9.80. The van der Waals surface area contributed by atoms with Crippen molar-refractivity contribution in [2.75, 3.05) is 26.2 Å². The number of halogens is 2. The third kappa shape index (κ3) is 4.22. The molecule has 152 valence electrons. The minimum absolute atomic E-state index is 0.112. The predicted molar refractivity (Wildman–Crippen MR) is 115 cm³/mol. The number of rotatable bonds is 4. The van der Waals surface area contributed by atoms with E-state index in [1.54, 1.807) is 50.2 Å². The van der Waals surface area contributed by atoms with Crippen molar-refractivity contribution in [3.8, 4) is 0 Å². The average molecular weight is 552 g/mol. The smallest absolute Gasteiger partial charge is 0.207 e. The number of sulfonamides is 2. The lowest BCUT2D eigenvalue weighted by molar-refractivity contribution is 0.272. The Labute approximate surface area is 182 Å². The standard InChI is InChI=1S/C18H20Br2N2O4S2/c1-13-3-5-15(19)11-17(13)27(23,24)21-7-9-22(10-8-21)28(25,26)18-12-16(20)6-4-14(18)2/h3-6,11-12H,7-10H2,1-2H3. The van der Waals surface area contributed by atoms with Gasteiger partial charge in [0.1, 0.15) is 0 Å². The Morgan fingerprint density at radius 3 is 1.32 bits per heavy atom. The van der Waals surface area contributed by atoms with Gasteiger partial charge in [-0.2, -0.15) is 8.61 Å². The zero-order chi connectivity index (χ0) is 20.7. The van der Waals surface area contributed by atoms with E-state index < -0.39 is 20.0 Å². The van der Waals surface area contributed by atoms with Crippen LogP contribution in [0.4, 0.5) is 0 Å². The molecule has 1 aliphatic rings. The number of piperazine rings is 1. The minimum atomic E-state index is -3.69. The van der Waals surface area contributed by atoms with Gasteiger partial charge < -0.3 is 0 Å². The second kappa shape index (κ2) is 8.16. The molecule has 0 amide bonds. The highest BCUT2D eigenvalue weighted by Gasteiger charge is 2.35. The van der Waals surface area contributed by atoms with E-state index in [0.29, 0.717) is 20.1 Å². The Bertz CT molecular complexity index is 1020. The van der Waals surface area contributed by atoms with Crippen molar-refractivity contribution in [3.05, 3.63) is 56.5 Å². The molecule has 28 heavy (non-hydrogen) atoms. The summed E-state index contributed by atoms with van der Waals surface area (Å²) < 4.78 is 56.1. The molecule has 3 rings (SSSR count). The van der Waals surface area contributed by atoms with Crippen molar-refractivity contribution in [1.82, 2.24) is 8.61 Å². The van der Waals surface area contributed by atoms with Gasteiger partial charge in [-0.15, -0.1) is 0 Å². The molecule has 0 radical (unpaired) electrons. The molecule has 0 aliphatic carbocycles. The number of hydrogen-bond donors (Lipinski definition) is 0. The van der Waals surface area contributed by atoms with Crippen molar-refractivity contribution in [3.63, 3.8) is 0 Å². The van der Waals surface area contributed by atoms with Crippen LogP contribution in [-0.2, 0) is 20.0 Å². The van der Waals surface area contributed by atoms with Crippen LogP contribution in [0.3, 0.4) is 0 Å². The maximum absolute atomic E-state index is 13.0. The Hall–Kier alpha value is -0.780. The quantitative estimate of drug-likeness (QED) is 0.582. The van der Waals surface area contributed by atoms with Crippen LogP contribution in [0.2, 0.25) is 0 Å². The van der Waals surface area contributed by atoms with Crippen LogP contribution in [0.25, 0.3) is 0 Å². The predicted octanol–water partition coefficient (Wildman–Crippen LogP) is 3.52. The summed E-state index contributed by atoms with van der Waals surface area (Å²) in [7, 11) is -7.38. The summed E-state index contributed by atoms with van der Waals surface area (Å²) in [4.78, 5) is 0.474. The zero-order valence-corrected chi connectivity index (χ0v) is 20.2. The number of aryl methyl sites for hydroxylation is 2. The number of hydrogen-bond acceptors (Lipinski definition) is 4. The fourth-order valence-corrected chi connectivity index (χ4v) is 7.50. The van der Waals surface area contributed by atoms with Gasteiger partial charge in [0.15, 0.2) is 0 Å². The Balaban J connectivity index is 1.82. The fraction of sp³-hybridized carbons (Fsp3) is 0.333. The van der Waals surface area contributed by atoms with Gasteiger partial charge in [-0.05, 0) is 49.2 Å². The molecular formula is C18H20Br2N2O4S2. The van der Waals surface area contributed by atoms with E-state index >= 15 is 0 Å². The van der Waals surface area contributed by atoms with Gasteiger partial charge in [0, 0.05) is 35.1 Å². The molecular weight excluding hydrogens is 532 g/mol. The van der Waals surface area contributed by atoms with Gasteiger partial charge in [0.2, 0.25) is 20.0 Å². The van der Waals surface area contributed by atoms with Crippen LogP contribution >= 0.6 is 31.9 Å². The van der Waals surface area contributed by atoms with Crippen molar-refractivity contribution in [1.29, 1.82) is 0 Å². The Kier molecular flexibility index (Phi) is 6.38. The van der Waals surface area contributed by atoms with Crippen LogP contribution in [0.1, 0.15) is 11.1 Å². The monoisotopic (exact) mass is 550 g/mol. The summed E-state index contributed by atoms with van der Waals surface area (Å²) in [5.74, 6) is 0. The summed E-state index contributed by atoms with van der Waals surface area (Å²) in [6.45, 7) is 3.94. The number of benzene rings is 2. The van der Waals surface area contributed by atoms with E-state index in [1.165, 1.54) is 8.61 Å². The molecule has 2 aromatic rings. The largest absolute Gasteiger partial charge is 0.243 e. The molecule has 1 fully saturated rings. The molecule has 6 nitrogen and oxygen atoms in total. The van der Waals surface area contributed by atoms with E-state index in [2.05, 4.69) is 31.9 Å². The van der Waals surface area contributed by atoms with Crippen molar-refractivity contribution >= 4 is 51.9 Å². The normalized spacial score (nSPS) is 17.0. The fourth-order valence-electron chi connectivity index (χ4n) is 3.13. The molecule has 10 heteroatoms. The lowest BCUT2D eigenvalue weighted by atomic mass is 10.2. The lowest BCUT2D eigenvalue weighted by Crippen LogP contribution is -2.50. The molecule has 0 aromatic heterocycles. The van der Waals surface area contributed by atoms with Crippen molar-refractivity contribution in [2.24, 2.45) is 0 Å². The minimum Gasteiger partial charge on any atom is -0.207 e. The first-order chi connectivity index (χ1) is 13.0. The van der Waals surface area contributed by atoms with Gasteiger partial charge in [0.05, 0.1) is 9.79 Å². The summed E-state index contributed by atoms with van der Waals surface area (Å²) in [6.07, 6.45) is 0. The molecule has 0 N–H and O–H groups in total. The molecule has 0 atom stereocenters. The van der Waals surface area contributed by atoms with Crippen molar-refractivity contribution < 1.29 is 16.8 Å². The molecule has 1 heterocycles. The van der Waals surface area contributed by atoms with Gasteiger partial charge in [-0.25, -0.2) is 16.8 Å². The lowest BCUT2D eigenvalue weighted by Gasteiger charge is -2.33. The summed E-state index contributed by atoms with van der Waals surface area (Å²) in [5.41, 5.74) is 1.31. The van der Waals surface area contributed by atoms with E-state index in [1.807, 2.05) is 0 Å². The van der Waals surface area contributed by atoms with Gasteiger partial charge >= 0.3 is 0 Å². The van der Waals surface area contributed by atoms with Crippen molar-refractivity contribution in [2.45, 2.75) is 23.6 Å².